The number of aromatic hydroxyl groups is 2. The van der Waals surface area contributed by atoms with Gasteiger partial charge in [-0.3, -0.25) is 0 Å². The van der Waals surface area contributed by atoms with Crippen molar-refractivity contribution >= 4 is 76.7 Å². The van der Waals surface area contributed by atoms with E-state index in [0.717, 1.165) is 78.4 Å². The average Bonchev–Trinajstić information content (AvgIpc) is 0.809. The van der Waals surface area contributed by atoms with Crippen LogP contribution in [0.1, 0.15) is 230 Å². The molecule has 0 unspecified atom stereocenters. The standard InChI is InChI=1S/C24H25FO.C15H24O.C12H17N.2C6H3Cl2N.C6H8N.3C5H10.C4H7F3O.2C4H4N.Mo.2W/c1-13-7-15(3)22(16(4)8-13)20-11-19(25)12-21(24(20)26)23-17(5)9-14(2)10-18(23)6;1-10-8-11(14(2,3)4)13(16)12(9-10)15(5,6)7;1-8(2)10-6-5-7-11(9(3)4)12(10)13;2*7-4-2-1-3-5(8)6(4)9;1-5-3-4-6(2)7-5;3*1-5(2,3)4;1-3(2,8)4(5,6)7;2*1-2-4-5-3-1;;;/h7-12,26H,1-6H3;8-9,16H,1-7H3;5-9H,1-4H3;2*1-3H;3-4H,1-2H3;3*1H,2-4H3;8H,1-2H3;2*1-4H;;;/q;;;;;-1;;;;;2*-1;;;. The number of hydrogen-bond donors (Lipinski definition) is 3. The number of benzene rings is 7. The summed E-state index contributed by atoms with van der Waals surface area (Å²) in [6, 6.07) is 44.5. The number of nitrogens with zero attached hydrogens (tertiary/aromatic N) is 6. The van der Waals surface area contributed by atoms with Crippen molar-refractivity contribution in [3.8, 4) is 33.8 Å². The Morgan fingerprint density at radius 2 is 0.724 bits per heavy atom. The smallest absolute Gasteiger partial charge is 0.131 e. The maximum absolute atomic E-state index is 14.6. The number of aryl methyl sites for hydroxylation is 9. The fourth-order valence-electron chi connectivity index (χ4n) is 10.7. The second-order valence-electron chi connectivity index (χ2n) is 34.8. The molecule has 7 aromatic carbocycles. The molecular formula is C96H125Cl4F4MoN6O3W2-3. The molecule has 20 heteroatoms. The van der Waals surface area contributed by atoms with E-state index in [1.54, 1.807) is 24.8 Å². The number of alkyl halides is 3. The molecule has 116 heavy (non-hydrogen) atoms. The van der Waals surface area contributed by atoms with Gasteiger partial charge in [0.15, 0.2) is 5.60 Å². The molecule has 3 aromatic heterocycles. The summed E-state index contributed by atoms with van der Waals surface area (Å²) in [5.74, 6) is 1.34. The van der Waals surface area contributed by atoms with Gasteiger partial charge >= 0.3 is 351 Å². The summed E-state index contributed by atoms with van der Waals surface area (Å²) in [7, 11) is 0. The number of aromatic nitrogens is 3. The Morgan fingerprint density at radius 3 is 0.966 bits per heavy atom. The van der Waals surface area contributed by atoms with Crippen molar-refractivity contribution in [1.29, 1.82) is 0 Å². The second kappa shape index (κ2) is 48.4. The molecule has 0 fully saturated rings. The van der Waals surface area contributed by atoms with E-state index in [1.807, 2.05) is 128 Å². The Bertz CT molecular complexity index is 4530. The first-order valence-electron chi connectivity index (χ1n) is 38.4. The minimum atomic E-state index is -4.51. The summed E-state index contributed by atoms with van der Waals surface area (Å²) in [6.45, 7) is 61.2. The van der Waals surface area contributed by atoms with Crippen molar-refractivity contribution in [3.63, 3.8) is 0 Å². The molecule has 0 aliphatic carbocycles. The van der Waals surface area contributed by atoms with Crippen LogP contribution in [0.25, 0.3) is 22.3 Å². The Balaban J connectivity index is 0.000000461. The molecule has 0 aliphatic rings. The van der Waals surface area contributed by atoms with Crippen LogP contribution >= 0.6 is 46.4 Å². The van der Waals surface area contributed by atoms with Crippen molar-refractivity contribution in [2.45, 2.75) is 242 Å². The number of aliphatic hydroxyl groups is 1. The van der Waals surface area contributed by atoms with E-state index in [0.29, 0.717) is 62.7 Å². The van der Waals surface area contributed by atoms with Gasteiger partial charge in [0.25, 0.3) is 0 Å². The molecule has 0 atom stereocenters. The predicted octanol–water partition coefficient (Wildman–Crippen LogP) is 30.0. The van der Waals surface area contributed by atoms with Crippen LogP contribution in [0.15, 0.2) is 175 Å². The van der Waals surface area contributed by atoms with Gasteiger partial charge < -0.3 is 30.3 Å². The topological polar surface area (TPSA) is 140 Å². The maximum Gasteiger partial charge on any atom is 0.131 e. The number of halogens is 8. The van der Waals surface area contributed by atoms with Crippen molar-refractivity contribution < 1.29 is 86.6 Å². The van der Waals surface area contributed by atoms with Gasteiger partial charge in [0, 0.05) is 11.1 Å². The Hall–Kier alpha value is -6.11. The molecule has 10 rings (SSSR count). The third-order valence-electron chi connectivity index (χ3n) is 16.2. The van der Waals surface area contributed by atoms with Crippen molar-refractivity contribution in [2.24, 2.45) is 26.7 Å². The van der Waals surface area contributed by atoms with E-state index < -0.39 is 65.5 Å². The van der Waals surface area contributed by atoms with Crippen molar-refractivity contribution in [2.75, 3.05) is 0 Å². The molecule has 0 bridgehead atoms. The van der Waals surface area contributed by atoms with E-state index in [-0.39, 0.29) is 38.6 Å². The Morgan fingerprint density at radius 1 is 0.422 bits per heavy atom. The zero-order valence-electron chi connectivity index (χ0n) is 73.7. The minimum Gasteiger partial charge on any atom is -0.670 e. The van der Waals surface area contributed by atoms with E-state index in [9.17, 15) is 27.8 Å². The van der Waals surface area contributed by atoms with Crippen molar-refractivity contribution in [1.82, 2.24) is 15.0 Å². The fraction of sp³-hybridized carbons (Fsp3) is 0.406. The largest absolute Gasteiger partial charge is 0.670 e. The van der Waals surface area contributed by atoms with Crippen LogP contribution in [0.4, 0.5) is 34.6 Å². The van der Waals surface area contributed by atoms with E-state index in [1.165, 1.54) is 34.5 Å². The van der Waals surface area contributed by atoms with Crippen molar-refractivity contribution in [3.05, 3.63) is 263 Å². The predicted molar refractivity (Wildman–Crippen MR) is 479 cm³/mol. The number of rotatable bonds is 7. The summed E-state index contributed by atoms with van der Waals surface area (Å²) in [5.41, 5.74) is 18.6. The van der Waals surface area contributed by atoms with Gasteiger partial charge in [0.05, 0.1) is 0 Å². The first kappa shape index (κ1) is 106. The summed E-state index contributed by atoms with van der Waals surface area (Å²) < 4.78 is 69.6. The second-order valence-corrected chi connectivity index (χ2v) is 42.5. The Kier molecular flexibility index (Phi) is 44.2. The van der Waals surface area contributed by atoms with Gasteiger partial charge in [-0.25, -0.2) is 4.39 Å². The van der Waals surface area contributed by atoms with Gasteiger partial charge in [0.2, 0.25) is 0 Å². The molecule has 0 aliphatic heterocycles. The first-order chi connectivity index (χ1) is 53.3. The summed E-state index contributed by atoms with van der Waals surface area (Å²) in [6.07, 6.45) is 2.49. The molecule has 9 nitrogen and oxygen atoms in total. The number of hydrogen-bond acceptors (Lipinski definition) is 6. The summed E-state index contributed by atoms with van der Waals surface area (Å²) in [4.78, 5) is 11.6. The van der Waals surface area contributed by atoms with E-state index in [4.69, 9.17) is 55.0 Å². The first-order valence-corrected chi connectivity index (χ1v) is 47.9. The molecule has 0 radical (unpaired) electrons. The normalized spacial score (nSPS) is 11.3. The minimum absolute atomic E-state index is 0.0178. The van der Waals surface area contributed by atoms with E-state index >= 15 is 0 Å². The average molecular weight is 2090 g/mol. The van der Waals surface area contributed by atoms with Gasteiger partial charge in [0.1, 0.15) is 17.3 Å². The molecular weight excluding hydrogens is 1970 g/mol. The molecule has 10 aromatic rings. The molecule has 0 saturated heterocycles. The quantitative estimate of drug-likeness (QED) is 0.107. The zero-order chi connectivity index (χ0) is 88.8. The summed E-state index contributed by atoms with van der Waals surface area (Å²) in [5, 5.41) is 32.3. The molecule has 634 valence electrons. The van der Waals surface area contributed by atoms with Crippen LogP contribution in [0.2, 0.25) is 20.1 Å². The molecule has 3 heterocycles. The van der Waals surface area contributed by atoms with Gasteiger partial charge in [-0.1, -0.05) is 145 Å². The maximum atomic E-state index is 14.6. The van der Waals surface area contributed by atoms with Crippen LogP contribution in [0.5, 0.6) is 11.5 Å². The van der Waals surface area contributed by atoms with E-state index in [2.05, 4.69) is 228 Å². The van der Waals surface area contributed by atoms with Gasteiger partial charge in [-0.15, -0.1) is 0 Å². The monoisotopic (exact) mass is 2090 g/mol. The fourth-order valence-corrected chi connectivity index (χ4v) is 19.0. The third-order valence-corrected chi connectivity index (χ3v) is 28.1. The SMILES string of the molecule is CC(C)(C)[CH]=[W]=[N]c1c(Cl)cccc1Cl.CC(C)(C)[CH]=[W]=[N]c1c(Cl)cccc1Cl.CC(C)(O)C(F)(F)F.CC(C)c1cccc(C(C)C)c1[N]=[Mo]=[CH]C(C)(C)C.Cc1cc(C(C)(C)C)c(O)c(C(C)(C)C)c1.Cc1cc(C)c(-c2cc(F)cc(-c3c(C)cc(C)cc3C)c2O)c(C)c1.Cc1ccc(C)[n-]1.c1cc[n-]c1.c1cc[n-]c1. The molecule has 0 spiro atoms. The molecule has 0 amide bonds. The van der Waals surface area contributed by atoms with Crippen LogP contribution in [-0.4, -0.2) is 40.3 Å². The molecule has 0 saturated carbocycles. The van der Waals surface area contributed by atoms with Gasteiger partial charge in [-0.2, -0.15) is 49.3 Å². The Labute approximate surface area is 737 Å². The van der Waals surface area contributed by atoms with Crippen LogP contribution in [0.3, 0.4) is 0 Å². The number of phenolic OH excluding ortho intramolecular Hbond substituents is 2. The zero-order valence-corrected chi connectivity index (χ0v) is 84.6. The van der Waals surface area contributed by atoms with Crippen LogP contribution in [-0.2, 0) is 64.6 Å². The van der Waals surface area contributed by atoms with Crippen LogP contribution < -0.4 is 15.0 Å². The number of phenols is 2. The summed E-state index contributed by atoms with van der Waals surface area (Å²) >= 11 is 21.9. The van der Waals surface area contributed by atoms with Gasteiger partial charge in [-0.05, 0) is 130 Å². The van der Waals surface area contributed by atoms with Crippen LogP contribution in [0, 0.1) is 84.4 Å². The molecule has 3 N–H and O–H groups in total. The third kappa shape index (κ3) is 39.4.